The van der Waals surface area contributed by atoms with Crippen LogP contribution in [0.3, 0.4) is 0 Å². The molecule has 5 heteroatoms. The minimum Gasteiger partial charge on any atom is -0.478 e. The van der Waals surface area contributed by atoms with Crippen molar-refractivity contribution in [1.82, 2.24) is 4.98 Å². The van der Waals surface area contributed by atoms with Crippen molar-refractivity contribution in [3.63, 3.8) is 0 Å². The zero-order valence-electron chi connectivity index (χ0n) is 12.9. The Morgan fingerprint density at radius 2 is 2.14 bits per heavy atom. The molecule has 116 valence electrons. The highest BCUT2D eigenvalue weighted by molar-refractivity contribution is 5.97. The summed E-state index contributed by atoms with van der Waals surface area (Å²) >= 11 is 0. The van der Waals surface area contributed by atoms with Crippen LogP contribution < -0.4 is 10.1 Å². The number of methoxy groups -OCH3 is 1. The van der Waals surface area contributed by atoms with Crippen molar-refractivity contribution in [2.75, 3.05) is 19.0 Å². The standard InChI is InChI=1S/C16H24N2O3/c1-3-4-11-21-14-8-7-13(12-17-14)18-15(19)16(20-2)9-5-6-10-16/h7-8,12H,3-6,9-11H2,1-2H3,(H,18,19). The smallest absolute Gasteiger partial charge is 0.256 e. The molecule has 1 aromatic rings. The molecule has 5 nitrogen and oxygen atoms in total. The summed E-state index contributed by atoms with van der Waals surface area (Å²) in [5.41, 5.74) is 0.00204. The van der Waals surface area contributed by atoms with Gasteiger partial charge in [0.25, 0.3) is 5.91 Å². The average Bonchev–Trinajstić information content (AvgIpc) is 2.99. The molecule has 21 heavy (non-hydrogen) atoms. The van der Waals surface area contributed by atoms with Crippen LogP contribution in [0.5, 0.6) is 5.88 Å². The maximum Gasteiger partial charge on any atom is 0.256 e. The van der Waals surface area contributed by atoms with E-state index >= 15 is 0 Å². The number of amides is 1. The number of nitrogens with zero attached hydrogens (tertiary/aromatic N) is 1. The summed E-state index contributed by atoms with van der Waals surface area (Å²) in [4.78, 5) is 16.6. The molecule has 1 fully saturated rings. The second kappa shape index (κ2) is 7.41. The third kappa shape index (κ3) is 3.94. The lowest BCUT2D eigenvalue weighted by Crippen LogP contribution is -2.42. The number of rotatable bonds is 7. The van der Waals surface area contributed by atoms with E-state index in [4.69, 9.17) is 9.47 Å². The van der Waals surface area contributed by atoms with E-state index in [1.165, 1.54) is 0 Å². The highest BCUT2D eigenvalue weighted by Gasteiger charge is 2.41. The summed E-state index contributed by atoms with van der Waals surface area (Å²) in [5.74, 6) is 0.507. The number of hydrogen-bond acceptors (Lipinski definition) is 4. The van der Waals surface area contributed by atoms with Gasteiger partial charge in [0.2, 0.25) is 5.88 Å². The van der Waals surface area contributed by atoms with Crippen LogP contribution >= 0.6 is 0 Å². The summed E-state index contributed by atoms with van der Waals surface area (Å²) < 4.78 is 11.0. The van der Waals surface area contributed by atoms with E-state index in [9.17, 15) is 4.79 Å². The van der Waals surface area contributed by atoms with Crippen LogP contribution in [0.1, 0.15) is 45.4 Å². The molecular weight excluding hydrogens is 268 g/mol. The third-order valence-electron chi connectivity index (χ3n) is 3.96. The molecule has 2 rings (SSSR count). The van der Waals surface area contributed by atoms with Gasteiger partial charge < -0.3 is 14.8 Å². The molecule has 0 aliphatic heterocycles. The van der Waals surface area contributed by atoms with E-state index in [0.717, 1.165) is 38.5 Å². The first-order valence-corrected chi connectivity index (χ1v) is 7.65. The van der Waals surface area contributed by atoms with Gasteiger partial charge in [0, 0.05) is 13.2 Å². The maximum atomic E-state index is 12.4. The van der Waals surface area contributed by atoms with Crippen LogP contribution in [0.15, 0.2) is 18.3 Å². The minimum atomic E-state index is -0.670. The van der Waals surface area contributed by atoms with Gasteiger partial charge in [-0.2, -0.15) is 0 Å². The maximum absolute atomic E-state index is 12.4. The first-order chi connectivity index (χ1) is 10.2. The Hall–Kier alpha value is -1.62. The lowest BCUT2D eigenvalue weighted by Gasteiger charge is -2.25. The van der Waals surface area contributed by atoms with Crippen LogP contribution in [0.4, 0.5) is 5.69 Å². The molecule has 0 aromatic carbocycles. The fourth-order valence-electron chi connectivity index (χ4n) is 2.58. The van der Waals surface area contributed by atoms with Crippen LogP contribution in [-0.2, 0) is 9.53 Å². The fraction of sp³-hybridized carbons (Fsp3) is 0.625. The molecule has 1 aromatic heterocycles. The number of aromatic nitrogens is 1. The SMILES string of the molecule is CCCCOc1ccc(NC(=O)C2(OC)CCCC2)cn1. The molecule has 1 aliphatic rings. The number of carbonyl (C=O) groups is 1. The Morgan fingerprint density at radius 3 is 2.71 bits per heavy atom. The molecule has 0 unspecified atom stereocenters. The summed E-state index contributed by atoms with van der Waals surface area (Å²) in [6.45, 7) is 2.78. The van der Waals surface area contributed by atoms with Crippen molar-refractivity contribution < 1.29 is 14.3 Å². The summed E-state index contributed by atoms with van der Waals surface area (Å²) in [5, 5.41) is 2.89. The molecule has 0 spiro atoms. The average molecular weight is 292 g/mol. The van der Waals surface area contributed by atoms with Gasteiger partial charge in [-0.15, -0.1) is 0 Å². The van der Waals surface area contributed by atoms with Crippen molar-refractivity contribution in [1.29, 1.82) is 0 Å². The quantitative estimate of drug-likeness (QED) is 0.784. The van der Waals surface area contributed by atoms with E-state index in [0.29, 0.717) is 18.2 Å². The Balaban J connectivity index is 1.92. The molecule has 1 N–H and O–H groups in total. The second-order valence-corrected chi connectivity index (χ2v) is 5.45. The van der Waals surface area contributed by atoms with Gasteiger partial charge in [-0.3, -0.25) is 4.79 Å². The number of unbranched alkanes of at least 4 members (excludes halogenated alkanes) is 1. The van der Waals surface area contributed by atoms with Crippen LogP contribution in [0, 0.1) is 0 Å². The topological polar surface area (TPSA) is 60.5 Å². The van der Waals surface area contributed by atoms with Gasteiger partial charge >= 0.3 is 0 Å². The number of pyridine rings is 1. The molecule has 0 atom stereocenters. The minimum absolute atomic E-state index is 0.0797. The number of hydrogen-bond donors (Lipinski definition) is 1. The van der Waals surface area contributed by atoms with Crippen LogP contribution in [0.2, 0.25) is 0 Å². The molecule has 0 bridgehead atoms. The first kappa shape index (κ1) is 15.8. The first-order valence-electron chi connectivity index (χ1n) is 7.65. The lowest BCUT2D eigenvalue weighted by molar-refractivity contribution is -0.137. The predicted molar refractivity (Wildman–Crippen MR) is 81.5 cm³/mol. The van der Waals surface area contributed by atoms with E-state index < -0.39 is 5.60 Å². The Kier molecular flexibility index (Phi) is 5.56. The van der Waals surface area contributed by atoms with Gasteiger partial charge in [0.05, 0.1) is 18.5 Å². The molecular formula is C16H24N2O3. The molecule has 1 aliphatic carbocycles. The second-order valence-electron chi connectivity index (χ2n) is 5.45. The van der Waals surface area contributed by atoms with Crippen molar-refractivity contribution >= 4 is 11.6 Å². The molecule has 1 amide bonds. The number of nitrogens with one attached hydrogen (secondary N) is 1. The molecule has 1 saturated carbocycles. The van der Waals surface area contributed by atoms with Gasteiger partial charge in [-0.25, -0.2) is 4.98 Å². The molecule has 1 heterocycles. The van der Waals surface area contributed by atoms with Crippen molar-refractivity contribution in [2.45, 2.75) is 51.0 Å². The Morgan fingerprint density at radius 1 is 1.38 bits per heavy atom. The normalized spacial score (nSPS) is 16.7. The number of anilines is 1. The highest BCUT2D eigenvalue weighted by Crippen LogP contribution is 2.33. The fourth-order valence-corrected chi connectivity index (χ4v) is 2.58. The van der Waals surface area contributed by atoms with E-state index in [-0.39, 0.29) is 5.91 Å². The van der Waals surface area contributed by atoms with Crippen molar-refractivity contribution in [3.05, 3.63) is 18.3 Å². The lowest BCUT2D eigenvalue weighted by atomic mass is 10.0. The molecule has 0 radical (unpaired) electrons. The van der Waals surface area contributed by atoms with E-state index in [1.54, 1.807) is 19.4 Å². The number of carbonyl (C=O) groups excluding carboxylic acids is 1. The van der Waals surface area contributed by atoms with Crippen LogP contribution in [0.25, 0.3) is 0 Å². The van der Waals surface area contributed by atoms with E-state index in [1.807, 2.05) is 6.07 Å². The van der Waals surface area contributed by atoms with E-state index in [2.05, 4.69) is 17.2 Å². The monoisotopic (exact) mass is 292 g/mol. The summed E-state index contributed by atoms with van der Waals surface area (Å²) in [6.07, 6.45) is 7.34. The highest BCUT2D eigenvalue weighted by atomic mass is 16.5. The molecule has 0 saturated heterocycles. The summed E-state index contributed by atoms with van der Waals surface area (Å²) in [6, 6.07) is 3.59. The van der Waals surface area contributed by atoms with Gasteiger partial charge in [0.15, 0.2) is 0 Å². The van der Waals surface area contributed by atoms with Gasteiger partial charge in [-0.1, -0.05) is 13.3 Å². The van der Waals surface area contributed by atoms with Crippen molar-refractivity contribution in [2.24, 2.45) is 0 Å². The predicted octanol–water partition coefficient (Wildman–Crippen LogP) is 3.16. The third-order valence-corrected chi connectivity index (χ3v) is 3.96. The summed E-state index contributed by atoms with van der Waals surface area (Å²) in [7, 11) is 1.60. The number of ether oxygens (including phenoxy) is 2. The van der Waals surface area contributed by atoms with Gasteiger partial charge in [-0.05, 0) is 38.2 Å². The van der Waals surface area contributed by atoms with Gasteiger partial charge in [0.1, 0.15) is 5.60 Å². The van der Waals surface area contributed by atoms with Crippen LogP contribution in [-0.4, -0.2) is 30.2 Å². The Labute approximate surface area is 126 Å². The van der Waals surface area contributed by atoms with Crippen molar-refractivity contribution in [3.8, 4) is 5.88 Å². The largest absolute Gasteiger partial charge is 0.478 e. The zero-order chi connectivity index (χ0) is 15.1. The Bertz CT molecular complexity index is 453. The zero-order valence-corrected chi connectivity index (χ0v) is 12.9.